The molecule has 2 atom stereocenters. The van der Waals surface area contributed by atoms with Crippen LogP contribution in [0.5, 0.6) is 0 Å². The molecule has 2 aromatic rings. The number of fused-ring (bicyclic) bond motifs is 1. The van der Waals surface area contributed by atoms with Crippen molar-refractivity contribution in [2.75, 3.05) is 24.6 Å². The maximum Gasteiger partial charge on any atom is 0.341 e. The quantitative estimate of drug-likeness (QED) is 0.774. The first-order valence-corrected chi connectivity index (χ1v) is 8.52. The highest BCUT2D eigenvalue weighted by atomic mass is 16.5. The van der Waals surface area contributed by atoms with E-state index in [-0.39, 0.29) is 0 Å². The van der Waals surface area contributed by atoms with Crippen molar-refractivity contribution >= 4 is 11.8 Å². The molecule has 2 aromatic heterocycles. The number of hydrogen-bond acceptors (Lipinski definition) is 6. The van der Waals surface area contributed by atoms with Crippen LogP contribution in [0.25, 0.3) is 0 Å². The van der Waals surface area contributed by atoms with Gasteiger partial charge in [0, 0.05) is 24.8 Å². The number of piperidine rings is 1. The Morgan fingerprint density at radius 1 is 1.40 bits per heavy atom. The van der Waals surface area contributed by atoms with E-state index >= 15 is 0 Å². The molecule has 0 amide bonds. The van der Waals surface area contributed by atoms with E-state index in [1.165, 1.54) is 12.6 Å². The van der Waals surface area contributed by atoms with Crippen molar-refractivity contribution in [3.8, 4) is 6.07 Å². The molecule has 128 valence electrons. The number of anilines is 1. The van der Waals surface area contributed by atoms with Crippen LogP contribution in [0.2, 0.25) is 0 Å². The minimum absolute atomic E-state index is 0.326. The van der Waals surface area contributed by atoms with Gasteiger partial charge in [-0.1, -0.05) is 6.07 Å². The molecular formula is C18H19N5O2. The van der Waals surface area contributed by atoms with Gasteiger partial charge in [0.1, 0.15) is 17.6 Å². The Balaban J connectivity index is 1.50. The third-order valence-corrected chi connectivity index (χ3v) is 4.85. The highest BCUT2D eigenvalue weighted by Gasteiger charge is 2.45. The van der Waals surface area contributed by atoms with Crippen molar-refractivity contribution in [3.63, 3.8) is 0 Å². The molecule has 3 heterocycles. The van der Waals surface area contributed by atoms with Gasteiger partial charge in [0.25, 0.3) is 0 Å². The molecule has 7 nitrogen and oxygen atoms in total. The Hall–Kier alpha value is -2.88. The number of ether oxygens (including phenoxy) is 1. The summed E-state index contributed by atoms with van der Waals surface area (Å²) in [7, 11) is 0. The first kappa shape index (κ1) is 15.6. The molecule has 0 bridgehead atoms. The lowest BCUT2D eigenvalue weighted by molar-refractivity contribution is 0.0526. The lowest BCUT2D eigenvalue weighted by atomic mass is 10.2. The van der Waals surface area contributed by atoms with Crippen LogP contribution in [-0.2, 0) is 11.3 Å². The van der Waals surface area contributed by atoms with Gasteiger partial charge in [-0.15, -0.1) is 0 Å². The molecule has 2 fully saturated rings. The predicted molar refractivity (Wildman–Crippen MR) is 90.0 cm³/mol. The van der Waals surface area contributed by atoms with Crippen LogP contribution in [-0.4, -0.2) is 40.4 Å². The van der Waals surface area contributed by atoms with Crippen LogP contribution >= 0.6 is 0 Å². The summed E-state index contributed by atoms with van der Waals surface area (Å²) in [4.78, 5) is 18.5. The summed E-state index contributed by atoms with van der Waals surface area (Å²) < 4.78 is 6.58. The summed E-state index contributed by atoms with van der Waals surface area (Å²) in [5, 5.41) is 13.6. The highest BCUT2D eigenvalue weighted by molar-refractivity contribution is 5.88. The van der Waals surface area contributed by atoms with Crippen molar-refractivity contribution in [2.24, 2.45) is 11.8 Å². The zero-order chi connectivity index (χ0) is 17.4. The topological polar surface area (TPSA) is 84.0 Å². The standard InChI is InChI=1S/C18H19N5O2/c1-2-25-18(24)15-7-20-23(11-15)10-12-3-4-17(21-16(12)6-19)22-8-13-5-14(13)9-22/h3-4,7,11,13-14H,2,5,8-10H2,1H3. The monoisotopic (exact) mass is 337 g/mol. The number of hydrogen-bond donors (Lipinski definition) is 0. The number of nitriles is 1. The van der Waals surface area contributed by atoms with E-state index in [4.69, 9.17) is 4.74 Å². The van der Waals surface area contributed by atoms with Crippen molar-refractivity contribution in [1.29, 1.82) is 5.26 Å². The predicted octanol–water partition coefficient (Wildman–Crippen LogP) is 1.83. The van der Waals surface area contributed by atoms with Gasteiger partial charge >= 0.3 is 5.97 Å². The fourth-order valence-corrected chi connectivity index (χ4v) is 3.41. The van der Waals surface area contributed by atoms with E-state index in [1.54, 1.807) is 17.8 Å². The van der Waals surface area contributed by atoms with E-state index in [9.17, 15) is 10.1 Å². The SMILES string of the molecule is CCOC(=O)c1cnn(Cc2ccc(N3CC4CC4C3)nc2C#N)c1. The molecule has 1 aliphatic heterocycles. The zero-order valence-electron chi connectivity index (χ0n) is 14.1. The largest absolute Gasteiger partial charge is 0.462 e. The Bertz CT molecular complexity index is 843. The van der Waals surface area contributed by atoms with Gasteiger partial charge in [-0.05, 0) is 31.2 Å². The third kappa shape index (κ3) is 3.07. The normalized spacial score (nSPS) is 20.9. The lowest BCUT2D eigenvalue weighted by Crippen LogP contribution is -2.23. The van der Waals surface area contributed by atoms with Gasteiger partial charge in [-0.25, -0.2) is 9.78 Å². The van der Waals surface area contributed by atoms with Crippen LogP contribution in [0.4, 0.5) is 5.82 Å². The minimum Gasteiger partial charge on any atom is -0.462 e. The number of rotatable bonds is 5. The van der Waals surface area contributed by atoms with Crippen molar-refractivity contribution < 1.29 is 9.53 Å². The van der Waals surface area contributed by atoms with E-state index in [1.807, 2.05) is 12.1 Å². The smallest absolute Gasteiger partial charge is 0.341 e. The maximum absolute atomic E-state index is 11.7. The molecule has 1 saturated heterocycles. The van der Waals surface area contributed by atoms with Gasteiger partial charge in [0.2, 0.25) is 0 Å². The Labute approximate surface area is 145 Å². The summed E-state index contributed by atoms with van der Waals surface area (Å²) in [6.45, 7) is 4.57. The molecule has 25 heavy (non-hydrogen) atoms. The fraction of sp³-hybridized carbons (Fsp3) is 0.444. The van der Waals surface area contributed by atoms with Crippen molar-refractivity contribution in [2.45, 2.75) is 19.9 Å². The van der Waals surface area contributed by atoms with E-state index < -0.39 is 5.97 Å². The van der Waals surface area contributed by atoms with E-state index in [2.05, 4.69) is 21.1 Å². The Kier molecular flexibility index (Phi) is 3.88. The number of carbonyl (C=O) groups excluding carboxylic acids is 1. The summed E-state index contributed by atoms with van der Waals surface area (Å²) in [6, 6.07) is 6.08. The molecule has 0 spiro atoms. The van der Waals surface area contributed by atoms with Crippen LogP contribution in [0.15, 0.2) is 24.5 Å². The van der Waals surface area contributed by atoms with Crippen LogP contribution in [0.1, 0.15) is 35.0 Å². The second-order valence-corrected chi connectivity index (χ2v) is 6.60. The maximum atomic E-state index is 11.7. The van der Waals surface area contributed by atoms with E-state index in [0.29, 0.717) is 24.4 Å². The number of carbonyl (C=O) groups is 1. The molecule has 1 aliphatic carbocycles. The van der Waals surface area contributed by atoms with E-state index in [0.717, 1.165) is 36.3 Å². The summed E-state index contributed by atoms with van der Waals surface area (Å²) >= 11 is 0. The van der Waals surface area contributed by atoms with Gasteiger partial charge in [0.05, 0.1) is 24.9 Å². The molecule has 2 aliphatic rings. The molecule has 7 heteroatoms. The molecule has 0 radical (unpaired) electrons. The number of aromatic nitrogens is 3. The first-order chi connectivity index (χ1) is 12.2. The molecule has 4 rings (SSSR count). The first-order valence-electron chi connectivity index (χ1n) is 8.52. The van der Waals surface area contributed by atoms with Gasteiger partial charge < -0.3 is 9.64 Å². The van der Waals surface area contributed by atoms with Gasteiger partial charge in [-0.3, -0.25) is 4.68 Å². The summed E-state index contributed by atoms with van der Waals surface area (Å²) in [6.07, 6.45) is 4.44. The van der Waals surface area contributed by atoms with Crippen LogP contribution in [0, 0.1) is 23.2 Å². The number of nitrogens with zero attached hydrogens (tertiary/aromatic N) is 5. The second kappa shape index (κ2) is 6.20. The average molecular weight is 337 g/mol. The zero-order valence-corrected chi connectivity index (χ0v) is 14.1. The fourth-order valence-electron chi connectivity index (χ4n) is 3.41. The average Bonchev–Trinajstić information content (AvgIpc) is 3.02. The van der Waals surface area contributed by atoms with Crippen LogP contribution < -0.4 is 4.90 Å². The summed E-state index contributed by atoms with van der Waals surface area (Å²) in [5.74, 6) is 2.12. The molecule has 0 N–H and O–H groups in total. The third-order valence-electron chi connectivity index (χ3n) is 4.85. The molecular weight excluding hydrogens is 318 g/mol. The van der Waals surface area contributed by atoms with Crippen molar-refractivity contribution in [1.82, 2.24) is 14.8 Å². The Morgan fingerprint density at radius 3 is 2.92 bits per heavy atom. The Morgan fingerprint density at radius 2 is 2.20 bits per heavy atom. The number of pyridine rings is 1. The highest BCUT2D eigenvalue weighted by Crippen LogP contribution is 2.45. The minimum atomic E-state index is -0.393. The molecule has 2 unspecified atom stereocenters. The van der Waals surface area contributed by atoms with Crippen LogP contribution in [0.3, 0.4) is 0 Å². The second-order valence-electron chi connectivity index (χ2n) is 6.60. The lowest BCUT2D eigenvalue weighted by Gasteiger charge is -2.19. The van der Waals surface area contributed by atoms with Gasteiger partial charge in [0.15, 0.2) is 0 Å². The molecule has 0 aromatic carbocycles. The number of esters is 1. The summed E-state index contributed by atoms with van der Waals surface area (Å²) in [5.41, 5.74) is 1.60. The van der Waals surface area contributed by atoms with Gasteiger partial charge in [-0.2, -0.15) is 10.4 Å². The van der Waals surface area contributed by atoms with Crippen molar-refractivity contribution in [3.05, 3.63) is 41.3 Å². The molecule has 1 saturated carbocycles.